The molecule has 6 nitrogen and oxygen atoms in total. The molecule has 7 heteroatoms. The lowest BCUT2D eigenvalue weighted by Crippen LogP contribution is -2.35. The summed E-state index contributed by atoms with van der Waals surface area (Å²) in [5, 5.41) is 6.18. The van der Waals surface area contributed by atoms with Gasteiger partial charge in [-0.15, -0.1) is 12.4 Å². The smallest absolute Gasteiger partial charge is 0.264 e. The van der Waals surface area contributed by atoms with Crippen LogP contribution in [0.25, 0.3) is 0 Å². The van der Waals surface area contributed by atoms with E-state index in [9.17, 15) is 9.59 Å². The molecular weight excluding hydrogens is 306 g/mol. The number of amides is 2. The summed E-state index contributed by atoms with van der Waals surface area (Å²) < 4.78 is 5.36. The van der Waals surface area contributed by atoms with Gasteiger partial charge in [0.05, 0.1) is 5.69 Å². The molecule has 1 atom stereocenters. The second-order valence-corrected chi connectivity index (χ2v) is 5.47. The lowest BCUT2D eigenvalue weighted by molar-refractivity contribution is -0.121. The third-order valence-corrected chi connectivity index (χ3v) is 3.92. The van der Waals surface area contributed by atoms with Crippen LogP contribution in [0, 0.1) is 0 Å². The summed E-state index contributed by atoms with van der Waals surface area (Å²) in [6, 6.07) is 5.62. The zero-order chi connectivity index (χ0) is 14.8. The van der Waals surface area contributed by atoms with E-state index in [1.165, 1.54) is 0 Å². The van der Waals surface area contributed by atoms with E-state index in [1.54, 1.807) is 30.1 Å². The standard InChI is InChI=1S/C15H19N3O3.ClH/c1-18-12-7-11(4-5-13(12)21-9-15(18)20)17-14(19)8-10-3-2-6-16-10;/h4-5,7,10,16H,2-3,6,8-9H2,1H3,(H,17,19);1H. The van der Waals surface area contributed by atoms with Crippen LogP contribution < -0.4 is 20.3 Å². The summed E-state index contributed by atoms with van der Waals surface area (Å²) in [6.07, 6.45) is 2.64. The van der Waals surface area contributed by atoms with E-state index in [-0.39, 0.29) is 36.9 Å². The van der Waals surface area contributed by atoms with Gasteiger partial charge in [0.15, 0.2) is 6.61 Å². The molecule has 2 heterocycles. The molecule has 1 fully saturated rings. The van der Waals surface area contributed by atoms with Crippen LogP contribution in [0.15, 0.2) is 18.2 Å². The Kier molecular flexibility index (Phi) is 5.26. The van der Waals surface area contributed by atoms with E-state index in [0.717, 1.165) is 19.4 Å². The number of fused-ring (bicyclic) bond motifs is 1. The number of nitrogens with zero attached hydrogens (tertiary/aromatic N) is 1. The van der Waals surface area contributed by atoms with Crippen LogP contribution in [-0.2, 0) is 9.59 Å². The molecule has 0 saturated carbocycles. The summed E-state index contributed by atoms with van der Waals surface area (Å²) in [7, 11) is 1.71. The van der Waals surface area contributed by atoms with E-state index in [2.05, 4.69) is 10.6 Å². The normalized spacial score (nSPS) is 20.0. The summed E-state index contributed by atoms with van der Waals surface area (Å²) in [5.74, 6) is 0.550. The van der Waals surface area contributed by atoms with Gasteiger partial charge in [-0.1, -0.05) is 0 Å². The highest BCUT2D eigenvalue weighted by molar-refractivity contribution is 5.99. The van der Waals surface area contributed by atoms with Gasteiger partial charge in [-0.25, -0.2) is 0 Å². The summed E-state index contributed by atoms with van der Waals surface area (Å²) in [4.78, 5) is 25.2. The minimum absolute atomic E-state index is 0. The van der Waals surface area contributed by atoms with Crippen LogP contribution in [0.2, 0.25) is 0 Å². The Bertz CT molecular complexity index is 573. The SMILES string of the molecule is CN1C(=O)COc2ccc(NC(=O)CC3CCCN3)cc21.Cl. The van der Waals surface area contributed by atoms with Crippen molar-refractivity contribution in [3.05, 3.63) is 18.2 Å². The topological polar surface area (TPSA) is 70.7 Å². The van der Waals surface area contributed by atoms with Crippen molar-refractivity contribution in [1.29, 1.82) is 0 Å². The highest BCUT2D eigenvalue weighted by Gasteiger charge is 2.23. The minimum Gasteiger partial charge on any atom is -0.482 e. The van der Waals surface area contributed by atoms with Gasteiger partial charge in [0, 0.05) is 25.2 Å². The van der Waals surface area contributed by atoms with E-state index in [0.29, 0.717) is 23.5 Å². The second kappa shape index (κ2) is 6.98. The molecular formula is C15H20ClN3O3. The predicted octanol–water partition coefficient (Wildman–Crippen LogP) is 1.54. The molecule has 0 radical (unpaired) electrons. The molecule has 0 aromatic heterocycles. The lowest BCUT2D eigenvalue weighted by Gasteiger charge is -2.26. The molecule has 0 aliphatic carbocycles. The van der Waals surface area contributed by atoms with Crippen molar-refractivity contribution >= 4 is 35.6 Å². The molecule has 2 N–H and O–H groups in total. The molecule has 2 aliphatic rings. The Balaban J connectivity index is 0.00000176. The fourth-order valence-corrected chi connectivity index (χ4v) is 2.72. The summed E-state index contributed by atoms with van der Waals surface area (Å²) in [6.45, 7) is 1.05. The van der Waals surface area contributed by atoms with Gasteiger partial charge in [-0.05, 0) is 37.6 Å². The van der Waals surface area contributed by atoms with Crippen LogP contribution in [0.3, 0.4) is 0 Å². The van der Waals surface area contributed by atoms with Crippen LogP contribution in [0.1, 0.15) is 19.3 Å². The Morgan fingerprint density at radius 3 is 3.05 bits per heavy atom. The van der Waals surface area contributed by atoms with Gasteiger partial charge in [-0.2, -0.15) is 0 Å². The van der Waals surface area contributed by atoms with Crippen molar-refractivity contribution in [2.75, 3.05) is 30.4 Å². The Morgan fingerprint density at radius 2 is 2.32 bits per heavy atom. The molecule has 1 saturated heterocycles. The zero-order valence-corrected chi connectivity index (χ0v) is 13.2. The average Bonchev–Trinajstić information content (AvgIpc) is 2.96. The molecule has 3 rings (SSSR count). The highest BCUT2D eigenvalue weighted by atomic mass is 35.5. The summed E-state index contributed by atoms with van der Waals surface area (Å²) >= 11 is 0. The molecule has 2 amide bonds. The molecule has 0 bridgehead atoms. The fourth-order valence-electron chi connectivity index (χ4n) is 2.72. The predicted molar refractivity (Wildman–Crippen MR) is 86.9 cm³/mol. The maximum atomic E-state index is 12.0. The number of carbonyl (C=O) groups is 2. The molecule has 1 aromatic carbocycles. The Labute approximate surface area is 135 Å². The highest BCUT2D eigenvalue weighted by Crippen LogP contribution is 2.33. The van der Waals surface area contributed by atoms with Crippen molar-refractivity contribution in [3.8, 4) is 5.75 Å². The summed E-state index contributed by atoms with van der Waals surface area (Å²) in [5.41, 5.74) is 1.37. The Morgan fingerprint density at radius 1 is 1.50 bits per heavy atom. The number of likely N-dealkylation sites (N-methyl/N-ethyl adjacent to an activating group) is 1. The van der Waals surface area contributed by atoms with E-state index in [4.69, 9.17) is 4.74 Å². The van der Waals surface area contributed by atoms with Crippen LogP contribution in [0.4, 0.5) is 11.4 Å². The first-order valence-electron chi connectivity index (χ1n) is 7.20. The first kappa shape index (κ1) is 16.6. The molecule has 1 unspecified atom stereocenters. The third kappa shape index (κ3) is 3.51. The minimum atomic E-state index is -0.0962. The van der Waals surface area contributed by atoms with Crippen LogP contribution in [0.5, 0.6) is 5.75 Å². The van der Waals surface area contributed by atoms with Crippen molar-refractivity contribution in [2.24, 2.45) is 0 Å². The van der Waals surface area contributed by atoms with Gasteiger partial charge in [0.2, 0.25) is 5.91 Å². The molecule has 0 spiro atoms. The molecule has 2 aliphatic heterocycles. The number of nitrogens with one attached hydrogen (secondary N) is 2. The van der Waals surface area contributed by atoms with Gasteiger partial charge in [-0.3, -0.25) is 9.59 Å². The quantitative estimate of drug-likeness (QED) is 0.884. The van der Waals surface area contributed by atoms with Crippen LogP contribution >= 0.6 is 12.4 Å². The van der Waals surface area contributed by atoms with Crippen molar-refractivity contribution in [1.82, 2.24) is 5.32 Å². The maximum absolute atomic E-state index is 12.0. The first-order valence-corrected chi connectivity index (χ1v) is 7.20. The van der Waals surface area contributed by atoms with Crippen molar-refractivity contribution in [2.45, 2.75) is 25.3 Å². The molecule has 22 heavy (non-hydrogen) atoms. The molecule has 120 valence electrons. The van der Waals surface area contributed by atoms with Gasteiger partial charge in [0.1, 0.15) is 5.75 Å². The number of halogens is 1. The number of rotatable bonds is 3. The van der Waals surface area contributed by atoms with Gasteiger partial charge < -0.3 is 20.3 Å². The number of benzene rings is 1. The van der Waals surface area contributed by atoms with Crippen molar-refractivity contribution < 1.29 is 14.3 Å². The maximum Gasteiger partial charge on any atom is 0.264 e. The number of ether oxygens (including phenoxy) is 1. The van der Waals surface area contributed by atoms with Gasteiger partial charge in [0.25, 0.3) is 5.91 Å². The van der Waals surface area contributed by atoms with Gasteiger partial charge >= 0.3 is 0 Å². The third-order valence-electron chi connectivity index (χ3n) is 3.92. The lowest BCUT2D eigenvalue weighted by atomic mass is 10.1. The van der Waals surface area contributed by atoms with Crippen molar-refractivity contribution in [3.63, 3.8) is 0 Å². The van der Waals surface area contributed by atoms with Crippen LogP contribution in [-0.4, -0.2) is 38.1 Å². The molecule has 1 aromatic rings. The number of hydrogen-bond donors (Lipinski definition) is 2. The number of hydrogen-bond acceptors (Lipinski definition) is 4. The zero-order valence-electron chi connectivity index (χ0n) is 12.4. The largest absolute Gasteiger partial charge is 0.482 e. The van der Waals surface area contributed by atoms with E-state index < -0.39 is 0 Å². The monoisotopic (exact) mass is 325 g/mol. The van der Waals surface area contributed by atoms with E-state index in [1.807, 2.05) is 0 Å². The van der Waals surface area contributed by atoms with E-state index >= 15 is 0 Å². The first-order chi connectivity index (χ1) is 10.1. The fraction of sp³-hybridized carbons (Fsp3) is 0.467. The Hall–Kier alpha value is -1.79. The number of carbonyl (C=O) groups excluding carboxylic acids is 2. The second-order valence-electron chi connectivity index (χ2n) is 5.47. The number of anilines is 2. The average molecular weight is 326 g/mol.